The Hall–Kier alpha value is -3.47. The summed E-state index contributed by atoms with van der Waals surface area (Å²) in [5.41, 5.74) is 1.42. The molecule has 3 aromatic rings. The summed E-state index contributed by atoms with van der Waals surface area (Å²) in [6.07, 6.45) is 6.80. The number of halogens is 1. The Morgan fingerprint density at radius 1 is 1.04 bits per heavy atom. The van der Waals surface area contributed by atoms with Crippen LogP contribution in [-0.4, -0.2) is 17.4 Å². The lowest BCUT2D eigenvalue weighted by atomic mass is 10.1. The molecular weight excluding hydrogens is 343 g/mol. The molecule has 0 atom stereocenters. The first-order chi connectivity index (χ1) is 13.2. The summed E-state index contributed by atoms with van der Waals surface area (Å²) >= 11 is 0. The predicted molar refractivity (Wildman–Crippen MR) is 103 cm³/mol. The molecule has 1 aromatic heterocycles. The van der Waals surface area contributed by atoms with Gasteiger partial charge in [0.05, 0.1) is 0 Å². The number of nitrogens with one attached hydrogen (secondary N) is 1. The SMILES string of the molecule is O=C(C=Cc1ccccc1F)NCCc1cccc(Oc2ccncc2)c1. The molecule has 5 heteroatoms. The van der Waals surface area contributed by atoms with Gasteiger partial charge >= 0.3 is 0 Å². The summed E-state index contributed by atoms with van der Waals surface area (Å²) in [4.78, 5) is 15.8. The van der Waals surface area contributed by atoms with Crippen LogP contribution in [0.2, 0.25) is 0 Å². The van der Waals surface area contributed by atoms with E-state index in [9.17, 15) is 9.18 Å². The number of rotatable bonds is 7. The van der Waals surface area contributed by atoms with Crippen LogP contribution in [0.25, 0.3) is 6.08 Å². The van der Waals surface area contributed by atoms with Gasteiger partial charge in [0.2, 0.25) is 5.91 Å². The van der Waals surface area contributed by atoms with Crippen molar-refractivity contribution in [3.63, 3.8) is 0 Å². The van der Waals surface area contributed by atoms with Gasteiger partial charge in [-0.15, -0.1) is 0 Å². The summed E-state index contributed by atoms with van der Waals surface area (Å²) in [7, 11) is 0. The molecule has 136 valence electrons. The van der Waals surface area contributed by atoms with Crippen LogP contribution < -0.4 is 10.1 Å². The summed E-state index contributed by atoms with van der Waals surface area (Å²) < 4.78 is 19.3. The van der Waals surface area contributed by atoms with Gasteiger partial charge in [-0.2, -0.15) is 0 Å². The third-order valence-electron chi connectivity index (χ3n) is 3.82. The fourth-order valence-electron chi connectivity index (χ4n) is 2.47. The molecule has 0 fully saturated rings. The molecule has 0 aliphatic carbocycles. The maximum atomic E-state index is 13.5. The third kappa shape index (κ3) is 5.78. The van der Waals surface area contributed by atoms with E-state index in [4.69, 9.17) is 4.74 Å². The minimum absolute atomic E-state index is 0.262. The van der Waals surface area contributed by atoms with Gasteiger partial charge in [0.15, 0.2) is 0 Å². The molecule has 3 rings (SSSR count). The third-order valence-corrected chi connectivity index (χ3v) is 3.82. The molecule has 0 bridgehead atoms. The molecule has 0 unspecified atom stereocenters. The van der Waals surface area contributed by atoms with E-state index in [1.165, 1.54) is 18.2 Å². The lowest BCUT2D eigenvalue weighted by Gasteiger charge is -2.08. The van der Waals surface area contributed by atoms with E-state index in [0.717, 1.165) is 11.3 Å². The number of carbonyl (C=O) groups is 1. The Labute approximate surface area is 157 Å². The van der Waals surface area contributed by atoms with Gasteiger partial charge in [-0.05, 0) is 48.4 Å². The first-order valence-electron chi connectivity index (χ1n) is 8.58. The van der Waals surface area contributed by atoms with Gasteiger partial charge < -0.3 is 10.1 Å². The molecular formula is C22H19FN2O2. The van der Waals surface area contributed by atoms with Gasteiger partial charge in [0.25, 0.3) is 0 Å². The van der Waals surface area contributed by atoms with E-state index in [2.05, 4.69) is 10.3 Å². The normalized spacial score (nSPS) is 10.7. The molecule has 27 heavy (non-hydrogen) atoms. The minimum atomic E-state index is -0.354. The van der Waals surface area contributed by atoms with Crippen molar-refractivity contribution < 1.29 is 13.9 Å². The number of benzene rings is 2. The van der Waals surface area contributed by atoms with Crippen LogP contribution in [0.15, 0.2) is 79.1 Å². The lowest BCUT2D eigenvalue weighted by Crippen LogP contribution is -2.23. The number of nitrogens with zero attached hydrogens (tertiary/aromatic N) is 1. The zero-order valence-electron chi connectivity index (χ0n) is 14.6. The van der Waals surface area contributed by atoms with E-state index < -0.39 is 0 Å². The van der Waals surface area contributed by atoms with Crippen molar-refractivity contribution in [2.24, 2.45) is 0 Å². The van der Waals surface area contributed by atoms with Crippen molar-refractivity contribution >= 4 is 12.0 Å². The standard InChI is InChI=1S/C22H19FN2O2/c23-21-7-2-1-5-18(21)8-9-22(26)25-15-10-17-4-3-6-20(16-17)27-19-11-13-24-14-12-19/h1-9,11-14,16H,10,15H2,(H,25,26). The smallest absolute Gasteiger partial charge is 0.244 e. The highest BCUT2D eigenvalue weighted by atomic mass is 19.1. The van der Waals surface area contributed by atoms with E-state index in [1.54, 1.807) is 42.7 Å². The van der Waals surface area contributed by atoms with E-state index in [0.29, 0.717) is 24.3 Å². The first-order valence-corrected chi connectivity index (χ1v) is 8.58. The average Bonchev–Trinajstić information content (AvgIpc) is 2.68. The summed E-state index contributed by atoms with van der Waals surface area (Å²) in [5.74, 6) is 0.827. The number of aromatic nitrogens is 1. The van der Waals surface area contributed by atoms with Crippen LogP contribution in [0.3, 0.4) is 0 Å². The molecule has 0 aliphatic heterocycles. The van der Waals surface area contributed by atoms with Gasteiger partial charge in [-0.1, -0.05) is 30.3 Å². The van der Waals surface area contributed by atoms with Crippen molar-refractivity contribution in [1.29, 1.82) is 0 Å². The molecule has 1 heterocycles. The number of hydrogen-bond donors (Lipinski definition) is 1. The highest BCUT2D eigenvalue weighted by molar-refractivity contribution is 5.91. The summed E-state index contributed by atoms with van der Waals surface area (Å²) in [6, 6.07) is 17.6. The lowest BCUT2D eigenvalue weighted by molar-refractivity contribution is -0.116. The first kappa shape index (κ1) is 18.3. The summed E-state index contributed by atoms with van der Waals surface area (Å²) in [5, 5.41) is 2.79. The number of pyridine rings is 1. The largest absolute Gasteiger partial charge is 0.457 e. The van der Waals surface area contributed by atoms with Crippen molar-refractivity contribution in [1.82, 2.24) is 10.3 Å². The van der Waals surface area contributed by atoms with E-state index in [1.807, 2.05) is 24.3 Å². The van der Waals surface area contributed by atoms with Gasteiger partial charge in [0.1, 0.15) is 17.3 Å². The quantitative estimate of drug-likeness (QED) is 0.635. The topological polar surface area (TPSA) is 51.2 Å². The second-order valence-corrected chi connectivity index (χ2v) is 5.83. The van der Waals surface area contributed by atoms with E-state index >= 15 is 0 Å². The number of carbonyl (C=O) groups excluding carboxylic acids is 1. The Morgan fingerprint density at radius 2 is 1.85 bits per heavy atom. The van der Waals surface area contributed by atoms with Crippen LogP contribution in [-0.2, 0) is 11.2 Å². The molecule has 0 aliphatic rings. The fourth-order valence-corrected chi connectivity index (χ4v) is 2.47. The Bertz CT molecular complexity index is 926. The molecule has 4 nitrogen and oxygen atoms in total. The highest BCUT2D eigenvalue weighted by Crippen LogP contribution is 2.21. The van der Waals surface area contributed by atoms with Crippen molar-refractivity contribution in [2.75, 3.05) is 6.54 Å². The van der Waals surface area contributed by atoms with Gasteiger partial charge in [-0.3, -0.25) is 9.78 Å². The number of amides is 1. The van der Waals surface area contributed by atoms with Crippen LogP contribution >= 0.6 is 0 Å². The zero-order valence-corrected chi connectivity index (χ0v) is 14.6. The molecule has 0 radical (unpaired) electrons. The monoisotopic (exact) mass is 362 g/mol. The minimum Gasteiger partial charge on any atom is -0.457 e. The number of hydrogen-bond acceptors (Lipinski definition) is 3. The Kier molecular flexibility index (Phi) is 6.30. The molecule has 1 amide bonds. The zero-order chi connectivity index (χ0) is 18.9. The number of ether oxygens (including phenoxy) is 1. The molecule has 0 saturated carbocycles. The van der Waals surface area contributed by atoms with Crippen molar-refractivity contribution in [2.45, 2.75) is 6.42 Å². The maximum absolute atomic E-state index is 13.5. The van der Waals surface area contributed by atoms with Crippen LogP contribution in [0, 0.1) is 5.82 Å². The maximum Gasteiger partial charge on any atom is 0.244 e. The summed E-state index contributed by atoms with van der Waals surface area (Å²) in [6.45, 7) is 0.471. The second kappa shape index (κ2) is 9.29. The van der Waals surface area contributed by atoms with Crippen LogP contribution in [0.1, 0.15) is 11.1 Å². The van der Waals surface area contributed by atoms with Gasteiger partial charge in [-0.25, -0.2) is 4.39 Å². The second-order valence-electron chi connectivity index (χ2n) is 5.83. The van der Waals surface area contributed by atoms with Crippen molar-refractivity contribution in [3.05, 3.63) is 96.1 Å². The Balaban J connectivity index is 1.49. The highest BCUT2D eigenvalue weighted by Gasteiger charge is 2.01. The molecule has 2 aromatic carbocycles. The van der Waals surface area contributed by atoms with Gasteiger partial charge in [0, 0.05) is 30.6 Å². The fraction of sp³-hybridized carbons (Fsp3) is 0.0909. The van der Waals surface area contributed by atoms with Crippen LogP contribution in [0.4, 0.5) is 4.39 Å². The predicted octanol–water partition coefficient (Wildman–Crippen LogP) is 4.39. The van der Waals surface area contributed by atoms with E-state index in [-0.39, 0.29) is 11.7 Å². The molecule has 0 saturated heterocycles. The average molecular weight is 362 g/mol. The molecule has 1 N–H and O–H groups in total. The van der Waals surface area contributed by atoms with Crippen molar-refractivity contribution in [3.8, 4) is 11.5 Å². The Morgan fingerprint density at radius 3 is 2.67 bits per heavy atom. The molecule has 0 spiro atoms. The van der Waals surface area contributed by atoms with Crippen LogP contribution in [0.5, 0.6) is 11.5 Å².